The third-order valence-corrected chi connectivity index (χ3v) is 4.95. The van der Waals surface area contributed by atoms with Gasteiger partial charge in [-0.15, -0.1) is 0 Å². The van der Waals surface area contributed by atoms with Crippen molar-refractivity contribution in [1.82, 2.24) is 5.32 Å². The van der Waals surface area contributed by atoms with Crippen LogP contribution >= 0.6 is 0 Å². The Hall–Kier alpha value is -0.0800. The second-order valence-electron chi connectivity index (χ2n) is 5.44. The zero-order valence-corrected chi connectivity index (χ0v) is 8.78. The number of fused-ring (bicyclic) bond motifs is 5. The summed E-state index contributed by atoms with van der Waals surface area (Å²) in [7, 11) is 0. The standard InChI is InChI=1S/C12H21NO/c14-5-4-13-12-7-8-6-11(12)10-3-1-2-9(8)10/h8-14H,1-7H2/t8-,9+,10+,11+,12-/m1/s1. The van der Waals surface area contributed by atoms with Gasteiger partial charge in [-0.3, -0.25) is 0 Å². The van der Waals surface area contributed by atoms with Crippen LogP contribution in [0, 0.1) is 23.7 Å². The van der Waals surface area contributed by atoms with Crippen LogP contribution in [-0.4, -0.2) is 24.3 Å². The first-order chi connectivity index (χ1) is 6.90. The maximum absolute atomic E-state index is 8.82. The lowest BCUT2D eigenvalue weighted by molar-refractivity contribution is 0.197. The number of aliphatic hydroxyl groups is 1. The van der Waals surface area contributed by atoms with Crippen molar-refractivity contribution < 1.29 is 5.11 Å². The molecule has 2 N–H and O–H groups in total. The molecular weight excluding hydrogens is 174 g/mol. The first-order valence-electron chi connectivity index (χ1n) is 6.24. The minimum absolute atomic E-state index is 0.294. The third kappa shape index (κ3) is 1.24. The monoisotopic (exact) mass is 195 g/mol. The fraction of sp³-hybridized carbons (Fsp3) is 1.00. The lowest BCUT2D eigenvalue weighted by atomic mass is 9.79. The minimum Gasteiger partial charge on any atom is -0.395 e. The van der Waals surface area contributed by atoms with Crippen LogP contribution in [0.2, 0.25) is 0 Å². The maximum atomic E-state index is 8.82. The molecule has 3 rings (SSSR count). The first-order valence-corrected chi connectivity index (χ1v) is 6.24. The largest absolute Gasteiger partial charge is 0.395 e. The van der Waals surface area contributed by atoms with Crippen LogP contribution < -0.4 is 5.32 Å². The molecule has 0 spiro atoms. The number of hydrogen-bond acceptors (Lipinski definition) is 2. The smallest absolute Gasteiger partial charge is 0.0556 e. The van der Waals surface area contributed by atoms with E-state index in [4.69, 9.17) is 5.11 Å². The molecule has 3 saturated carbocycles. The first kappa shape index (κ1) is 9.17. The van der Waals surface area contributed by atoms with E-state index >= 15 is 0 Å². The van der Waals surface area contributed by atoms with Crippen molar-refractivity contribution in [3.63, 3.8) is 0 Å². The van der Waals surface area contributed by atoms with Crippen LogP contribution in [0.1, 0.15) is 32.1 Å². The third-order valence-electron chi connectivity index (χ3n) is 4.95. The van der Waals surface area contributed by atoms with E-state index in [2.05, 4.69) is 5.32 Å². The van der Waals surface area contributed by atoms with Gasteiger partial charge in [0.25, 0.3) is 0 Å². The quantitative estimate of drug-likeness (QED) is 0.713. The molecule has 80 valence electrons. The van der Waals surface area contributed by atoms with E-state index in [1.54, 1.807) is 0 Å². The van der Waals surface area contributed by atoms with Crippen LogP contribution in [-0.2, 0) is 0 Å². The summed E-state index contributed by atoms with van der Waals surface area (Å²) in [5.74, 6) is 4.12. The summed E-state index contributed by atoms with van der Waals surface area (Å²) in [4.78, 5) is 0. The molecule has 0 radical (unpaired) electrons. The molecular formula is C12H21NO. The van der Waals surface area contributed by atoms with Gasteiger partial charge in [-0.25, -0.2) is 0 Å². The molecule has 2 nitrogen and oxygen atoms in total. The molecule has 3 aliphatic carbocycles. The van der Waals surface area contributed by atoms with Gasteiger partial charge < -0.3 is 10.4 Å². The van der Waals surface area contributed by atoms with Gasteiger partial charge in [0.15, 0.2) is 0 Å². The minimum atomic E-state index is 0.294. The number of nitrogens with one attached hydrogen (secondary N) is 1. The Labute approximate surface area is 86.1 Å². The Balaban J connectivity index is 1.65. The van der Waals surface area contributed by atoms with Crippen molar-refractivity contribution in [3.8, 4) is 0 Å². The van der Waals surface area contributed by atoms with Crippen LogP contribution in [0.3, 0.4) is 0 Å². The van der Waals surface area contributed by atoms with Gasteiger partial charge in [-0.1, -0.05) is 6.42 Å². The summed E-state index contributed by atoms with van der Waals surface area (Å²) in [6.07, 6.45) is 7.36. The predicted octanol–water partition coefficient (Wildman–Crippen LogP) is 1.39. The Morgan fingerprint density at radius 1 is 1.07 bits per heavy atom. The summed E-state index contributed by atoms with van der Waals surface area (Å²) in [6.45, 7) is 1.09. The lowest BCUT2D eigenvalue weighted by Gasteiger charge is -2.32. The van der Waals surface area contributed by atoms with Gasteiger partial charge in [0.05, 0.1) is 6.61 Å². The van der Waals surface area contributed by atoms with Gasteiger partial charge in [-0.05, 0) is 49.4 Å². The molecule has 0 aromatic heterocycles. The van der Waals surface area contributed by atoms with Gasteiger partial charge in [0.1, 0.15) is 0 Å². The van der Waals surface area contributed by atoms with E-state index in [0.29, 0.717) is 6.61 Å². The van der Waals surface area contributed by atoms with Crippen molar-refractivity contribution in [2.45, 2.75) is 38.1 Å². The summed E-state index contributed by atoms with van der Waals surface area (Å²) < 4.78 is 0. The molecule has 3 aliphatic rings. The van der Waals surface area contributed by atoms with E-state index < -0.39 is 0 Å². The average Bonchev–Trinajstić information content (AvgIpc) is 2.85. The van der Waals surface area contributed by atoms with Crippen molar-refractivity contribution in [3.05, 3.63) is 0 Å². The number of rotatable bonds is 3. The normalized spacial score (nSPS) is 49.9. The van der Waals surface area contributed by atoms with E-state index in [9.17, 15) is 0 Å². The molecule has 14 heavy (non-hydrogen) atoms. The molecule has 0 aromatic rings. The SMILES string of the molecule is OCCN[C@@H]1C[C@H]2C[C@H]1[C@H]1CCC[C@@H]21. The molecule has 0 unspecified atom stereocenters. The van der Waals surface area contributed by atoms with E-state index in [1.807, 2.05) is 0 Å². The molecule has 0 amide bonds. The van der Waals surface area contributed by atoms with Crippen molar-refractivity contribution in [2.24, 2.45) is 23.7 Å². The molecule has 2 heteroatoms. The lowest BCUT2D eigenvalue weighted by Crippen LogP contribution is -2.40. The van der Waals surface area contributed by atoms with Gasteiger partial charge in [0, 0.05) is 12.6 Å². The topological polar surface area (TPSA) is 32.3 Å². The van der Waals surface area contributed by atoms with E-state index in [-0.39, 0.29) is 0 Å². The molecule has 0 heterocycles. The summed E-state index contributed by atoms with van der Waals surface area (Å²) in [6, 6.07) is 0.742. The Bertz CT molecular complexity index is 218. The molecule has 0 aromatic carbocycles. The summed E-state index contributed by atoms with van der Waals surface area (Å²) in [5.41, 5.74) is 0. The Morgan fingerprint density at radius 3 is 2.79 bits per heavy atom. The molecule has 5 atom stereocenters. The highest BCUT2D eigenvalue weighted by Gasteiger charge is 2.53. The zero-order chi connectivity index (χ0) is 9.54. The zero-order valence-electron chi connectivity index (χ0n) is 8.78. The number of hydrogen-bond donors (Lipinski definition) is 2. The van der Waals surface area contributed by atoms with E-state index in [0.717, 1.165) is 36.3 Å². The summed E-state index contributed by atoms with van der Waals surface area (Å²) >= 11 is 0. The van der Waals surface area contributed by atoms with Crippen LogP contribution in [0.5, 0.6) is 0 Å². The highest BCUT2D eigenvalue weighted by Crippen LogP contribution is 2.58. The van der Waals surface area contributed by atoms with Gasteiger partial charge >= 0.3 is 0 Å². The summed E-state index contributed by atoms with van der Waals surface area (Å²) in [5, 5.41) is 12.3. The van der Waals surface area contributed by atoms with Gasteiger partial charge in [0.2, 0.25) is 0 Å². The van der Waals surface area contributed by atoms with Gasteiger partial charge in [-0.2, -0.15) is 0 Å². The number of aliphatic hydroxyl groups excluding tert-OH is 1. The fourth-order valence-electron chi connectivity index (χ4n) is 4.55. The maximum Gasteiger partial charge on any atom is 0.0556 e. The Kier molecular flexibility index (Phi) is 2.29. The predicted molar refractivity (Wildman–Crippen MR) is 55.9 cm³/mol. The second kappa shape index (κ2) is 3.49. The highest BCUT2D eigenvalue weighted by atomic mass is 16.3. The van der Waals surface area contributed by atoms with Crippen LogP contribution in [0.4, 0.5) is 0 Å². The van der Waals surface area contributed by atoms with Crippen LogP contribution in [0.15, 0.2) is 0 Å². The molecule has 0 saturated heterocycles. The average molecular weight is 195 g/mol. The van der Waals surface area contributed by atoms with Crippen molar-refractivity contribution in [1.29, 1.82) is 0 Å². The Morgan fingerprint density at radius 2 is 1.93 bits per heavy atom. The highest BCUT2D eigenvalue weighted by molar-refractivity contribution is 5.05. The molecule has 0 aliphatic heterocycles. The van der Waals surface area contributed by atoms with E-state index in [1.165, 1.54) is 32.1 Å². The van der Waals surface area contributed by atoms with Crippen molar-refractivity contribution in [2.75, 3.05) is 13.2 Å². The fourth-order valence-corrected chi connectivity index (χ4v) is 4.55. The van der Waals surface area contributed by atoms with Crippen molar-refractivity contribution >= 4 is 0 Å². The van der Waals surface area contributed by atoms with Crippen LogP contribution in [0.25, 0.3) is 0 Å². The second-order valence-corrected chi connectivity index (χ2v) is 5.44. The molecule has 2 bridgehead atoms. The molecule has 3 fully saturated rings.